The molecule has 0 unspecified atom stereocenters. The van der Waals surface area contributed by atoms with Crippen LogP contribution in [0.4, 0.5) is 0 Å². The number of aliphatic hydroxyl groups is 1. The minimum Gasteiger partial charge on any atom is -0.391 e. The van der Waals surface area contributed by atoms with Crippen molar-refractivity contribution in [3.63, 3.8) is 0 Å². The molecule has 0 fully saturated rings. The molecule has 0 spiro atoms. The molecule has 0 aliphatic carbocycles. The van der Waals surface area contributed by atoms with Crippen LogP contribution in [0.1, 0.15) is 6.92 Å². The fourth-order valence-corrected chi connectivity index (χ4v) is 0.365. The minimum absolute atomic E-state index is 0.0304. The van der Waals surface area contributed by atoms with Gasteiger partial charge in [-0.15, -0.1) is 0 Å². The van der Waals surface area contributed by atoms with Gasteiger partial charge < -0.3 is 23.9 Å². The van der Waals surface area contributed by atoms with Gasteiger partial charge in [0.15, 0.2) is 0 Å². The second-order valence-electron chi connectivity index (χ2n) is 1.59. The summed E-state index contributed by atoms with van der Waals surface area (Å²) in [6.45, 7) is 2.40. The van der Waals surface area contributed by atoms with Crippen LogP contribution in [0.15, 0.2) is 0 Å². The van der Waals surface area contributed by atoms with Crippen molar-refractivity contribution in [3.8, 4) is 0 Å². The molecule has 0 saturated carbocycles. The molecule has 0 aromatic heterocycles. The molecular formula is C5H13BO5. The Morgan fingerprint density at radius 2 is 1.82 bits per heavy atom. The van der Waals surface area contributed by atoms with Crippen molar-refractivity contribution in [2.45, 2.75) is 6.92 Å². The zero-order chi connectivity index (χ0) is 8.36. The van der Waals surface area contributed by atoms with Crippen LogP contribution in [0, 0.1) is 0 Å². The summed E-state index contributed by atoms with van der Waals surface area (Å²) >= 11 is 0. The average Bonchev–Trinajstić information content (AvgIpc) is 2.03. The van der Waals surface area contributed by atoms with Crippen molar-refractivity contribution < 1.29 is 23.9 Å². The Bertz CT molecular complexity index is 63.9. The molecule has 0 amide bonds. The van der Waals surface area contributed by atoms with Gasteiger partial charge in [-0.05, 0) is 6.92 Å². The van der Waals surface area contributed by atoms with Gasteiger partial charge in [0.25, 0.3) is 0 Å². The summed E-state index contributed by atoms with van der Waals surface area (Å²) < 4.78 is 18.9. The van der Waals surface area contributed by atoms with Gasteiger partial charge in [-0.3, -0.25) is 0 Å². The fraction of sp³-hybridized carbons (Fsp3) is 1.00. The second kappa shape index (κ2) is 9.86. The van der Waals surface area contributed by atoms with E-state index in [-0.39, 0.29) is 28.1 Å². The Hall–Kier alpha value is -0.135. The summed E-state index contributed by atoms with van der Waals surface area (Å²) in [6.07, 6.45) is 0. The highest BCUT2D eigenvalue weighted by atomic mass is 16.7. The molecule has 0 saturated heterocycles. The molecule has 0 aromatic carbocycles. The van der Waals surface area contributed by atoms with Crippen LogP contribution in [-0.4, -0.2) is 39.8 Å². The predicted molar refractivity (Wildman–Crippen MR) is 38.8 cm³/mol. The van der Waals surface area contributed by atoms with E-state index in [9.17, 15) is 0 Å². The number of aliphatic hydroxyl groups excluding tert-OH is 1. The quantitative estimate of drug-likeness (QED) is 0.289. The van der Waals surface area contributed by atoms with Crippen molar-refractivity contribution >= 4 is 7.69 Å². The largest absolute Gasteiger partial charge is 0.441 e. The second-order valence-corrected chi connectivity index (χ2v) is 1.59. The standard InChI is InChI=1S/C5H13BO5/c1-2-8-4-10-6-11-5-9-3-7/h6-7H,2-5H2,1H3. The topological polar surface area (TPSA) is 57.2 Å². The van der Waals surface area contributed by atoms with E-state index >= 15 is 0 Å². The van der Waals surface area contributed by atoms with Gasteiger partial charge in [-0.25, -0.2) is 0 Å². The zero-order valence-electron chi connectivity index (χ0n) is 6.62. The fourth-order valence-electron chi connectivity index (χ4n) is 0.365. The van der Waals surface area contributed by atoms with Crippen molar-refractivity contribution in [2.75, 3.05) is 27.0 Å². The smallest absolute Gasteiger partial charge is 0.391 e. The molecule has 0 rings (SSSR count). The number of hydrogen-bond acceptors (Lipinski definition) is 5. The maximum Gasteiger partial charge on any atom is 0.441 e. The summed E-state index contributed by atoms with van der Waals surface area (Å²) in [6, 6.07) is 0. The predicted octanol–water partition coefficient (Wildman–Crippen LogP) is -0.796. The third-order valence-corrected chi connectivity index (χ3v) is 0.795. The van der Waals surface area contributed by atoms with Crippen LogP contribution in [0.3, 0.4) is 0 Å². The Morgan fingerprint density at radius 1 is 1.18 bits per heavy atom. The Morgan fingerprint density at radius 3 is 2.36 bits per heavy atom. The van der Waals surface area contributed by atoms with Crippen LogP contribution >= 0.6 is 0 Å². The van der Waals surface area contributed by atoms with Gasteiger partial charge in [-0.2, -0.15) is 0 Å². The zero-order valence-corrected chi connectivity index (χ0v) is 6.62. The molecule has 5 nitrogen and oxygen atoms in total. The monoisotopic (exact) mass is 164 g/mol. The molecule has 6 heteroatoms. The minimum atomic E-state index is -0.342. The maximum absolute atomic E-state index is 8.14. The van der Waals surface area contributed by atoms with Crippen LogP contribution in [-0.2, 0) is 18.8 Å². The molecule has 66 valence electrons. The van der Waals surface area contributed by atoms with E-state index in [1.54, 1.807) is 0 Å². The lowest BCUT2D eigenvalue weighted by molar-refractivity contribution is -0.0762. The summed E-state index contributed by atoms with van der Waals surface area (Å²) in [4.78, 5) is 0. The van der Waals surface area contributed by atoms with Gasteiger partial charge >= 0.3 is 7.69 Å². The van der Waals surface area contributed by atoms with Crippen LogP contribution in [0.2, 0.25) is 0 Å². The number of rotatable bonds is 8. The van der Waals surface area contributed by atoms with Crippen molar-refractivity contribution in [3.05, 3.63) is 0 Å². The van der Waals surface area contributed by atoms with E-state index in [0.717, 1.165) is 0 Å². The molecule has 1 N–H and O–H groups in total. The van der Waals surface area contributed by atoms with Gasteiger partial charge in [0.2, 0.25) is 0 Å². The highest BCUT2D eigenvalue weighted by Gasteiger charge is 1.90. The van der Waals surface area contributed by atoms with Crippen LogP contribution < -0.4 is 0 Å². The van der Waals surface area contributed by atoms with E-state index in [4.69, 9.17) is 19.2 Å². The first kappa shape index (κ1) is 10.9. The van der Waals surface area contributed by atoms with Crippen LogP contribution in [0.25, 0.3) is 0 Å². The van der Waals surface area contributed by atoms with Crippen LogP contribution in [0.5, 0.6) is 0 Å². The summed E-state index contributed by atoms with van der Waals surface area (Å²) in [7, 11) is 0.111. The van der Waals surface area contributed by atoms with E-state index in [1.807, 2.05) is 6.92 Å². The lowest BCUT2D eigenvalue weighted by atomic mass is 10.4. The number of hydrogen-bond donors (Lipinski definition) is 1. The molecule has 0 atom stereocenters. The van der Waals surface area contributed by atoms with Crippen molar-refractivity contribution in [2.24, 2.45) is 0 Å². The third-order valence-electron chi connectivity index (χ3n) is 0.795. The molecule has 0 aliphatic heterocycles. The molecule has 0 bridgehead atoms. The third kappa shape index (κ3) is 9.86. The first-order valence-corrected chi connectivity index (χ1v) is 3.33. The highest BCUT2D eigenvalue weighted by Crippen LogP contribution is 1.78. The van der Waals surface area contributed by atoms with Crippen molar-refractivity contribution in [1.29, 1.82) is 0 Å². The SMILES string of the molecule is CCOCOBOCOCO. The lowest BCUT2D eigenvalue weighted by Gasteiger charge is -2.03. The first-order chi connectivity index (χ1) is 5.41. The molecule has 0 aromatic rings. The van der Waals surface area contributed by atoms with Gasteiger partial charge in [-0.1, -0.05) is 0 Å². The molecule has 11 heavy (non-hydrogen) atoms. The first-order valence-electron chi connectivity index (χ1n) is 3.33. The summed E-state index contributed by atoms with van der Waals surface area (Å²) in [5.41, 5.74) is 0. The van der Waals surface area contributed by atoms with Gasteiger partial charge in [0.1, 0.15) is 20.4 Å². The van der Waals surface area contributed by atoms with E-state index in [2.05, 4.69) is 4.74 Å². The maximum atomic E-state index is 8.14. The van der Waals surface area contributed by atoms with Gasteiger partial charge in [0, 0.05) is 6.61 Å². The summed E-state index contributed by atoms with van der Waals surface area (Å²) in [5.74, 6) is 0. The Kier molecular flexibility index (Phi) is 9.74. The summed E-state index contributed by atoms with van der Waals surface area (Å²) in [5, 5.41) is 8.14. The lowest BCUT2D eigenvalue weighted by Crippen LogP contribution is -2.10. The molecule has 0 heterocycles. The average molecular weight is 164 g/mol. The molecule has 0 radical (unpaired) electrons. The van der Waals surface area contributed by atoms with Gasteiger partial charge in [0.05, 0.1) is 0 Å². The molecular weight excluding hydrogens is 151 g/mol. The molecule has 0 aliphatic rings. The van der Waals surface area contributed by atoms with Crippen molar-refractivity contribution in [1.82, 2.24) is 0 Å². The Labute approximate surface area is 66.5 Å². The Balaban J connectivity index is 2.69. The van der Waals surface area contributed by atoms with E-state index < -0.39 is 0 Å². The normalized spacial score (nSPS) is 10.0. The number of ether oxygens (including phenoxy) is 2. The van der Waals surface area contributed by atoms with E-state index in [0.29, 0.717) is 6.61 Å². The van der Waals surface area contributed by atoms with E-state index in [1.165, 1.54) is 0 Å². The highest BCUT2D eigenvalue weighted by molar-refractivity contribution is 6.17.